The fourth-order valence-electron chi connectivity index (χ4n) is 0.948. The Hall–Kier alpha value is -1.71. The highest BCUT2D eigenvalue weighted by Crippen LogP contribution is 2.21. The summed E-state index contributed by atoms with van der Waals surface area (Å²) in [5, 5.41) is 0. The van der Waals surface area contributed by atoms with Crippen LogP contribution in [0.15, 0.2) is 18.2 Å². The third kappa shape index (κ3) is 2.66. The van der Waals surface area contributed by atoms with Crippen molar-refractivity contribution in [3.8, 4) is 5.75 Å². The minimum atomic E-state index is -0.514. The van der Waals surface area contributed by atoms with Crippen LogP contribution in [0.1, 0.15) is 5.56 Å². The second-order valence-electron chi connectivity index (χ2n) is 2.80. The van der Waals surface area contributed by atoms with Crippen LogP contribution in [0.5, 0.6) is 5.75 Å². The first-order chi connectivity index (χ1) is 6.09. The summed E-state index contributed by atoms with van der Waals surface area (Å²) in [5.41, 5.74) is 12.1. The topological polar surface area (TPSA) is 78.3 Å². The number of benzene rings is 1. The van der Waals surface area contributed by atoms with E-state index in [-0.39, 0.29) is 6.61 Å². The molecule has 0 atom stereocenters. The van der Waals surface area contributed by atoms with Gasteiger partial charge in [0.15, 0.2) is 6.61 Å². The molecule has 1 rings (SSSR count). The quantitative estimate of drug-likeness (QED) is 0.662. The Morgan fingerprint density at radius 3 is 2.77 bits per heavy atom. The zero-order chi connectivity index (χ0) is 9.84. The summed E-state index contributed by atoms with van der Waals surface area (Å²) in [7, 11) is 0. The molecular formula is C9H12N2O2. The molecule has 0 saturated heterocycles. The number of anilines is 1. The monoisotopic (exact) mass is 180 g/mol. The number of amides is 1. The largest absolute Gasteiger partial charge is 0.482 e. The second kappa shape index (κ2) is 3.80. The molecule has 0 saturated carbocycles. The van der Waals surface area contributed by atoms with Crippen LogP contribution >= 0.6 is 0 Å². The van der Waals surface area contributed by atoms with E-state index in [9.17, 15) is 4.79 Å². The molecule has 4 heteroatoms. The third-order valence-electron chi connectivity index (χ3n) is 1.54. The van der Waals surface area contributed by atoms with E-state index in [0.717, 1.165) is 5.56 Å². The molecule has 0 aliphatic carbocycles. The highest BCUT2D eigenvalue weighted by molar-refractivity contribution is 5.75. The molecule has 0 radical (unpaired) electrons. The van der Waals surface area contributed by atoms with Crippen molar-refractivity contribution in [3.63, 3.8) is 0 Å². The van der Waals surface area contributed by atoms with Crippen LogP contribution in [0.3, 0.4) is 0 Å². The number of nitrogens with two attached hydrogens (primary N) is 2. The van der Waals surface area contributed by atoms with E-state index in [0.29, 0.717) is 11.4 Å². The molecule has 0 aliphatic rings. The SMILES string of the molecule is Cc1ccc(OCC(N)=O)c(N)c1. The van der Waals surface area contributed by atoms with Gasteiger partial charge >= 0.3 is 0 Å². The van der Waals surface area contributed by atoms with Gasteiger partial charge in [-0.1, -0.05) is 6.07 Å². The number of hydrogen-bond acceptors (Lipinski definition) is 3. The minimum absolute atomic E-state index is 0.146. The number of aryl methyl sites for hydroxylation is 1. The minimum Gasteiger partial charge on any atom is -0.482 e. The summed E-state index contributed by atoms with van der Waals surface area (Å²) in [6.45, 7) is 1.78. The van der Waals surface area contributed by atoms with E-state index < -0.39 is 5.91 Å². The number of ether oxygens (including phenoxy) is 1. The van der Waals surface area contributed by atoms with Crippen molar-refractivity contribution in [2.45, 2.75) is 6.92 Å². The van der Waals surface area contributed by atoms with E-state index in [1.54, 1.807) is 12.1 Å². The average Bonchev–Trinajstić information content (AvgIpc) is 2.02. The van der Waals surface area contributed by atoms with Crippen molar-refractivity contribution >= 4 is 11.6 Å². The molecule has 1 aromatic rings. The van der Waals surface area contributed by atoms with Crippen LogP contribution < -0.4 is 16.2 Å². The Morgan fingerprint density at radius 1 is 1.54 bits per heavy atom. The van der Waals surface area contributed by atoms with E-state index in [1.165, 1.54) is 0 Å². The second-order valence-corrected chi connectivity index (χ2v) is 2.80. The van der Waals surface area contributed by atoms with E-state index in [2.05, 4.69) is 0 Å². The highest BCUT2D eigenvalue weighted by atomic mass is 16.5. The lowest BCUT2D eigenvalue weighted by atomic mass is 10.2. The number of carbonyl (C=O) groups excluding carboxylic acids is 1. The predicted octanol–water partition coefficient (Wildman–Crippen LogP) is 0.441. The van der Waals surface area contributed by atoms with Gasteiger partial charge in [0.2, 0.25) is 0 Å². The zero-order valence-electron chi connectivity index (χ0n) is 7.41. The van der Waals surface area contributed by atoms with Gasteiger partial charge in [0.25, 0.3) is 5.91 Å². The van der Waals surface area contributed by atoms with Gasteiger partial charge in [0.05, 0.1) is 5.69 Å². The number of hydrogen-bond donors (Lipinski definition) is 2. The molecule has 1 amide bonds. The van der Waals surface area contributed by atoms with Gasteiger partial charge in [-0.05, 0) is 24.6 Å². The Kier molecular flexibility index (Phi) is 2.74. The van der Waals surface area contributed by atoms with Gasteiger partial charge in [-0.25, -0.2) is 0 Å². The van der Waals surface area contributed by atoms with Crippen molar-refractivity contribution in [2.24, 2.45) is 5.73 Å². The summed E-state index contributed by atoms with van der Waals surface area (Å²) in [4.78, 5) is 10.4. The number of carbonyl (C=O) groups is 1. The molecule has 0 unspecified atom stereocenters. The van der Waals surface area contributed by atoms with Crippen LogP contribution in [0.4, 0.5) is 5.69 Å². The van der Waals surface area contributed by atoms with E-state index in [4.69, 9.17) is 16.2 Å². The zero-order valence-corrected chi connectivity index (χ0v) is 7.41. The van der Waals surface area contributed by atoms with Crippen molar-refractivity contribution in [3.05, 3.63) is 23.8 Å². The lowest BCUT2D eigenvalue weighted by Crippen LogP contribution is -2.20. The third-order valence-corrected chi connectivity index (χ3v) is 1.54. The van der Waals surface area contributed by atoms with Crippen LogP contribution in [0, 0.1) is 6.92 Å². The molecule has 0 aliphatic heterocycles. The van der Waals surface area contributed by atoms with Gasteiger partial charge < -0.3 is 16.2 Å². The van der Waals surface area contributed by atoms with Crippen molar-refractivity contribution in [1.29, 1.82) is 0 Å². The summed E-state index contributed by atoms with van der Waals surface area (Å²) >= 11 is 0. The lowest BCUT2D eigenvalue weighted by Gasteiger charge is -2.06. The van der Waals surface area contributed by atoms with Gasteiger partial charge in [0, 0.05) is 0 Å². The molecule has 4 nitrogen and oxygen atoms in total. The Bertz CT molecular complexity index is 323. The number of nitrogen functional groups attached to an aromatic ring is 1. The molecule has 0 aromatic heterocycles. The fraction of sp³-hybridized carbons (Fsp3) is 0.222. The summed E-state index contributed by atoms with van der Waals surface area (Å²) < 4.78 is 5.05. The standard InChI is InChI=1S/C9H12N2O2/c1-6-2-3-8(7(10)4-6)13-5-9(11)12/h2-4H,5,10H2,1H3,(H2,11,12). The Balaban J connectivity index is 2.72. The summed E-state index contributed by atoms with van der Waals surface area (Å²) in [6, 6.07) is 5.34. The Labute approximate surface area is 76.5 Å². The summed E-state index contributed by atoms with van der Waals surface area (Å²) in [6.07, 6.45) is 0. The predicted molar refractivity (Wildman–Crippen MR) is 50.3 cm³/mol. The fourth-order valence-corrected chi connectivity index (χ4v) is 0.948. The maximum atomic E-state index is 10.4. The normalized spacial score (nSPS) is 9.62. The van der Waals surface area contributed by atoms with Crippen molar-refractivity contribution < 1.29 is 9.53 Å². The van der Waals surface area contributed by atoms with Crippen molar-refractivity contribution in [1.82, 2.24) is 0 Å². The molecule has 0 spiro atoms. The highest BCUT2D eigenvalue weighted by Gasteiger charge is 2.01. The lowest BCUT2D eigenvalue weighted by molar-refractivity contribution is -0.119. The van der Waals surface area contributed by atoms with Gasteiger partial charge in [0.1, 0.15) is 5.75 Å². The molecule has 13 heavy (non-hydrogen) atoms. The van der Waals surface area contributed by atoms with E-state index >= 15 is 0 Å². The molecular weight excluding hydrogens is 168 g/mol. The van der Waals surface area contributed by atoms with Gasteiger partial charge in [-0.3, -0.25) is 4.79 Å². The maximum Gasteiger partial charge on any atom is 0.255 e. The van der Waals surface area contributed by atoms with Gasteiger partial charge in [-0.15, -0.1) is 0 Å². The molecule has 0 bridgehead atoms. The van der Waals surface area contributed by atoms with E-state index in [1.807, 2.05) is 13.0 Å². The summed E-state index contributed by atoms with van der Waals surface area (Å²) in [5.74, 6) is -0.0237. The molecule has 4 N–H and O–H groups in total. The van der Waals surface area contributed by atoms with Crippen LogP contribution in [0.25, 0.3) is 0 Å². The first-order valence-corrected chi connectivity index (χ1v) is 3.87. The Morgan fingerprint density at radius 2 is 2.23 bits per heavy atom. The molecule has 0 fully saturated rings. The number of rotatable bonds is 3. The average molecular weight is 180 g/mol. The van der Waals surface area contributed by atoms with Gasteiger partial charge in [-0.2, -0.15) is 0 Å². The maximum absolute atomic E-state index is 10.4. The molecule has 0 heterocycles. The van der Waals surface area contributed by atoms with Crippen molar-refractivity contribution in [2.75, 3.05) is 12.3 Å². The first-order valence-electron chi connectivity index (χ1n) is 3.87. The molecule has 70 valence electrons. The molecule has 1 aromatic carbocycles. The van der Waals surface area contributed by atoms with Crippen LogP contribution in [-0.4, -0.2) is 12.5 Å². The van der Waals surface area contributed by atoms with Crippen LogP contribution in [0.2, 0.25) is 0 Å². The van der Waals surface area contributed by atoms with Crippen LogP contribution in [-0.2, 0) is 4.79 Å². The smallest absolute Gasteiger partial charge is 0.255 e. The first kappa shape index (κ1) is 9.38. The number of primary amides is 1.